The van der Waals surface area contributed by atoms with Gasteiger partial charge in [-0.3, -0.25) is 0 Å². The quantitative estimate of drug-likeness (QED) is 0.738. The van der Waals surface area contributed by atoms with Gasteiger partial charge in [0.05, 0.1) is 0 Å². The Morgan fingerprint density at radius 2 is 1.94 bits per heavy atom. The lowest BCUT2D eigenvalue weighted by Crippen LogP contribution is -1.93. The van der Waals surface area contributed by atoms with Gasteiger partial charge in [-0.2, -0.15) is 0 Å². The van der Waals surface area contributed by atoms with Crippen molar-refractivity contribution in [1.82, 2.24) is 9.97 Å². The molecule has 0 fully saturated rings. The number of nitrogens with zero attached hydrogens (tertiary/aromatic N) is 2. The number of benzene rings is 1. The highest BCUT2D eigenvalue weighted by atomic mass is 28.1. The van der Waals surface area contributed by atoms with Crippen molar-refractivity contribution in [2.75, 3.05) is 0 Å². The molecule has 0 bridgehead atoms. The Hall–Kier alpha value is -1.55. The molecule has 4 heteroatoms. The molecule has 0 aliphatic carbocycles. The zero-order valence-electron chi connectivity index (χ0n) is 8.87. The van der Waals surface area contributed by atoms with Crippen LogP contribution in [0.25, 0.3) is 11.4 Å². The fraction of sp³-hybridized carbons (Fsp3) is 0.167. The van der Waals surface area contributed by atoms with Crippen molar-refractivity contribution in [2.24, 2.45) is 0 Å². The Kier molecular flexibility index (Phi) is 3.10. The first kappa shape index (κ1) is 10.9. The number of rotatable bonds is 2. The highest BCUT2D eigenvalue weighted by molar-refractivity contribution is 6.08. The zero-order valence-corrected chi connectivity index (χ0v) is 9.87. The SMILES string of the molecule is Cc1ccc(-c2ncc(C[Si])cn2)cc1F. The van der Waals surface area contributed by atoms with Crippen LogP contribution in [0.1, 0.15) is 11.1 Å². The van der Waals surface area contributed by atoms with Gasteiger partial charge in [-0.05, 0) is 30.2 Å². The number of aromatic nitrogens is 2. The molecule has 79 valence electrons. The molecular formula is C12H10FN2Si. The lowest BCUT2D eigenvalue weighted by Gasteiger charge is -2.02. The summed E-state index contributed by atoms with van der Waals surface area (Å²) in [5.74, 6) is 0.313. The molecule has 0 saturated carbocycles. The number of aryl methyl sites for hydroxylation is 1. The second kappa shape index (κ2) is 4.53. The molecule has 3 radical (unpaired) electrons. The first-order chi connectivity index (χ1) is 7.70. The summed E-state index contributed by atoms with van der Waals surface area (Å²) in [4.78, 5) is 8.36. The first-order valence-corrected chi connectivity index (χ1v) is 5.63. The van der Waals surface area contributed by atoms with E-state index in [-0.39, 0.29) is 5.82 Å². The third kappa shape index (κ3) is 2.16. The van der Waals surface area contributed by atoms with Crippen LogP contribution in [-0.2, 0) is 6.04 Å². The van der Waals surface area contributed by atoms with Crippen LogP contribution in [0.4, 0.5) is 4.39 Å². The summed E-state index contributed by atoms with van der Waals surface area (Å²) in [5, 5.41) is 0. The maximum Gasteiger partial charge on any atom is 0.159 e. The van der Waals surface area contributed by atoms with E-state index in [0.717, 1.165) is 5.56 Å². The molecule has 1 heterocycles. The number of hydrogen-bond donors (Lipinski definition) is 0. The topological polar surface area (TPSA) is 25.8 Å². The fourth-order valence-electron chi connectivity index (χ4n) is 1.33. The van der Waals surface area contributed by atoms with Gasteiger partial charge in [0.25, 0.3) is 0 Å². The Bertz CT molecular complexity index is 497. The molecule has 0 amide bonds. The standard InChI is InChI=1S/C12H10FN2Si/c1-8-2-3-10(4-11(8)13)12-14-5-9(7-16)6-15-12/h2-6H,7H2,1H3. The molecule has 0 aliphatic heterocycles. The van der Waals surface area contributed by atoms with Crippen molar-refractivity contribution in [3.05, 3.63) is 47.5 Å². The van der Waals surface area contributed by atoms with Gasteiger partial charge in [-0.25, -0.2) is 14.4 Å². The van der Waals surface area contributed by atoms with E-state index in [1.54, 1.807) is 25.4 Å². The van der Waals surface area contributed by atoms with Crippen molar-refractivity contribution in [1.29, 1.82) is 0 Å². The third-order valence-corrected chi connectivity index (χ3v) is 2.75. The fourth-order valence-corrected chi connectivity index (χ4v) is 1.51. The Balaban J connectivity index is 2.38. The van der Waals surface area contributed by atoms with Gasteiger partial charge in [-0.1, -0.05) is 12.1 Å². The first-order valence-electron chi connectivity index (χ1n) is 4.93. The van der Waals surface area contributed by atoms with Crippen LogP contribution in [0.15, 0.2) is 30.6 Å². The molecule has 0 atom stereocenters. The predicted molar refractivity (Wildman–Crippen MR) is 61.6 cm³/mol. The van der Waals surface area contributed by atoms with Gasteiger partial charge in [-0.15, -0.1) is 0 Å². The van der Waals surface area contributed by atoms with E-state index in [0.29, 0.717) is 23.0 Å². The number of hydrogen-bond acceptors (Lipinski definition) is 2. The molecule has 0 aliphatic rings. The van der Waals surface area contributed by atoms with Gasteiger partial charge in [0.15, 0.2) is 5.82 Å². The maximum atomic E-state index is 13.3. The molecule has 0 spiro atoms. The molecule has 2 nitrogen and oxygen atoms in total. The summed E-state index contributed by atoms with van der Waals surface area (Å²) in [7, 11) is 3.37. The predicted octanol–water partition coefficient (Wildman–Crippen LogP) is 2.26. The molecular weight excluding hydrogens is 219 g/mol. The molecule has 0 saturated heterocycles. The minimum Gasteiger partial charge on any atom is -0.236 e. The summed E-state index contributed by atoms with van der Waals surface area (Å²) in [6.45, 7) is 1.73. The van der Waals surface area contributed by atoms with Crippen molar-refractivity contribution >= 4 is 10.2 Å². The van der Waals surface area contributed by atoms with E-state index in [4.69, 9.17) is 0 Å². The maximum absolute atomic E-state index is 13.3. The van der Waals surface area contributed by atoms with Crippen molar-refractivity contribution < 1.29 is 4.39 Å². The summed E-state index contributed by atoms with van der Waals surface area (Å²) in [6.07, 6.45) is 3.46. The lowest BCUT2D eigenvalue weighted by molar-refractivity contribution is 0.619. The smallest absolute Gasteiger partial charge is 0.159 e. The molecule has 16 heavy (non-hydrogen) atoms. The van der Waals surface area contributed by atoms with E-state index in [1.165, 1.54) is 6.07 Å². The van der Waals surface area contributed by atoms with Crippen LogP contribution in [-0.4, -0.2) is 20.2 Å². The monoisotopic (exact) mass is 229 g/mol. The van der Waals surface area contributed by atoms with E-state index < -0.39 is 0 Å². The van der Waals surface area contributed by atoms with E-state index >= 15 is 0 Å². The zero-order chi connectivity index (χ0) is 11.5. The molecule has 0 unspecified atom stereocenters. The second-order valence-corrected chi connectivity index (χ2v) is 3.91. The van der Waals surface area contributed by atoms with Crippen LogP contribution < -0.4 is 0 Å². The minimum absolute atomic E-state index is 0.231. The van der Waals surface area contributed by atoms with Crippen molar-refractivity contribution in [2.45, 2.75) is 13.0 Å². The highest BCUT2D eigenvalue weighted by Gasteiger charge is 2.04. The molecule has 0 N–H and O–H groups in total. The largest absolute Gasteiger partial charge is 0.236 e. The Morgan fingerprint density at radius 3 is 2.50 bits per heavy atom. The average Bonchev–Trinajstić information content (AvgIpc) is 2.33. The van der Waals surface area contributed by atoms with Crippen LogP contribution in [0.2, 0.25) is 0 Å². The van der Waals surface area contributed by atoms with Crippen LogP contribution in [0.3, 0.4) is 0 Å². The van der Waals surface area contributed by atoms with E-state index in [2.05, 4.69) is 20.2 Å². The van der Waals surface area contributed by atoms with Gasteiger partial charge in [0.2, 0.25) is 0 Å². The molecule has 2 aromatic rings. The average molecular weight is 229 g/mol. The van der Waals surface area contributed by atoms with Gasteiger partial charge >= 0.3 is 0 Å². The summed E-state index contributed by atoms with van der Waals surface area (Å²) < 4.78 is 13.3. The van der Waals surface area contributed by atoms with Gasteiger partial charge in [0.1, 0.15) is 5.82 Å². The number of halogens is 1. The molecule has 1 aromatic heterocycles. The highest BCUT2D eigenvalue weighted by Crippen LogP contribution is 2.17. The normalized spacial score (nSPS) is 10.4. The Morgan fingerprint density at radius 1 is 1.25 bits per heavy atom. The minimum atomic E-state index is -0.231. The summed E-state index contributed by atoms with van der Waals surface area (Å²) in [5.41, 5.74) is 2.32. The van der Waals surface area contributed by atoms with Gasteiger partial charge < -0.3 is 0 Å². The summed E-state index contributed by atoms with van der Waals surface area (Å²) >= 11 is 0. The van der Waals surface area contributed by atoms with Crippen LogP contribution in [0.5, 0.6) is 0 Å². The Labute approximate surface area is 97.0 Å². The summed E-state index contributed by atoms with van der Waals surface area (Å²) in [6, 6.07) is 5.72. The third-order valence-electron chi connectivity index (χ3n) is 2.34. The lowest BCUT2D eigenvalue weighted by atomic mass is 10.1. The van der Waals surface area contributed by atoms with Gasteiger partial charge in [0, 0.05) is 28.2 Å². The van der Waals surface area contributed by atoms with E-state index in [9.17, 15) is 4.39 Å². The van der Waals surface area contributed by atoms with Crippen LogP contribution >= 0.6 is 0 Å². The van der Waals surface area contributed by atoms with Crippen LogP contribution in [0, 0.1) is 12.7 Å². The van der Waals surface area contributed by atoms with E-state index in [1.807, 2.05) is 6.07 Å². The van der Waals surface area contributed by atoms with Crippen molar-refractivity contribution in [3.63, 3.8) is 0 Å². The second-order valence-electron chi connectivity index (χ2n) is 3.56. The molecule has 2 rings (SSSR count). The molecule has 1 aromatic carbocycles. The van der Waals surface area contributed by atoms with Crippen molar-refractivity contribution in [3.8, 4) is 11.4 Å².